The standard InChI is InChI=1S/C26H27N3O3/c1-18-7-3-6-10-23(18)29-26(30)22(16-28)13-19-11-12-24(25(14-19)31-2)32-17-21-9-5-4-8-20(21)15-27/h4-5,8-9,11-14,18,23H,3,6-7,10,17H2,1-2H3,(H,29,30)/b22-13+/t18-,23+/m1/s1. The fraction of sp³-hybridized carbons (Fsp3) is 0.346. The topological polar surface area (TPSA) is 95.1 Å². The summed E-state index contributed by atoms with van der Waals surface area (Å²) >= 11 is 0. The van der Waals surface area contributed by atoms with Crippen molar-refractivity contribution in [2.45, 2.75) is 45.3 Å². The van der Waals surface area contributed by atoms with Gasteiger partial charge in [-0.1, -0.05) is 44.0 Å². The lowest BCUT2D eigenvalue weighted by molar-refractivity contribution is -0.118. The van der Waals surface area contributed by atoms with Gasteiger partial charge in [-0.15, -0.1) is 0 Å². The number of hydrogen-bond donors (Lipinski definition) is 1. The van der Waals surface area contributed by atoms with Crippen LogP contribution in [0.5, 0.6) is 11.5 Å². The van der Waals surface area contributed by atoms with Crippen LogP contribution in [0.1, 0.15) is 49.3 Å². The molecule has 0 aromatic heterocycles. The SMILES string of the molecule is COc1cc(/C=C(\C#N)C(=O)N[C@H]2CCCC[C@H]2C)ccc1OCc1ccccc1C#N. The van der Waals surface area contributed by atoms with E-state index in [0.29, 0.717) is 28.5 Å². The minimum atomic E-state index is -0.348. The number of carbonyl (C=O) groups excluding carboxylic acids is 1. The fourth-order valence-corrected chi connectivity index (χ4v) is 3.90. The van der Waals surface area contributed by atoms with Gasteiger partial charge in [0.1, 0.15) is 18.2 Å². The van der Waals surface area contributed by atoms with Crippen molar-refractivity contribution >= 4 is 12.0 Å². The Kier molecular flexibility index (Phi) is 7.89. The second-order valence-electron chi connectivity index (χ2n) is 7.98. The number of benzene rings is 2. The van der Waals surface area contributed by atoms with E-state index < -0.39 is 0 Å². The molecule has 2 aromatic carbocycles. The van der Waals surface area contributed by atoms with Crippen molar-refractivity contribution in [1.82, 2.24) is 5.32 Å². The summed E-state index contributed by atoms with van der Waals surface area (Å²) in [6.07, 6.45) is 5.87. The first kappa shape index (κ1) is 22.9. The fourth-order valence-electron chi connectivity index (χ4n) is 3.90. The predicted molar refractivity (Wildman–Crippen MR) is 122 cm³/mol. The highest BCUT2D eigenvalue weighted by atomic mass is 16.5. The molecule has 0 aliphatic heterocycles. The summed E-state index contributed by atoms with van der Waals surface area (Å²) in [5.74, 6) is 1.05. The van der Waals surface area contributed by atoms with E-state index in [1.807, 2.05) is 24.3 Å². The molecule has 0 unspecified atom stereocenters. The van der Waals surface area contributed by atoms with Crippen LogP contribution in [0.2, 0.25) is 0 Å². The number of carbonyl (C=O) groups is 1. The predicted octanol–water partition coefficient (Wildman–Crippen LogP) is 4.75. The average molecular weight is 430 g/mol. The van der Waals surface area contributed by atoms with Gasteiger partial charge in [0.05, 0.1) is 18.7 Å². The minimum Gasteiger partial charge on any atom is -0.493 e. The molecule has 1 aliphatic rings. The van der Waals surface area contributed by atoms with E-state index >= 15 is 0 Å². The van der Waals surface area contributed by atoms with E-state index in [4.69, 9.17) is 9.47 Å². The van der Waals surface area contributed by atoms with Crippen LogP contribution in [-0.4, -0.2) is 19.1 Å². The Morgan fingerprint density at radius 3 is 2.66 bits per heavy atom. The number of ether oxygens (including phenoxy) is 2. The highest BCUT2D eigenvalue weighted by Gasteiger charge is 2.24. The molecular weight excluding hydrogens is 402 g/mol. The first-order valence-corrected chi connectivity index (χ1v) is 10.8. The summed E-state index contributed by atoms with van der Waals surface area (Å²) in [6, 6.07) is 16.7. The van der Waals surface area contributed by atoms with Crippen LogP contribution in [0, 0.1) is 28.6 Å². The summed E-state index contributed by atoms with van der Waals surface area (Å²) in [7, 11) is 1.53. The molecule has 1 N–H and O–H groups in total. The highest BCUT2D eigenvalue weighted by Crippen LogP contribution is 2.30. The molecule has 0 radical (unpaired) electrons. The maximum absolute atomic E-state index is 12.6. The Morgan fingerprint density at radius 2 is 1.94 bits per heavy atom. The molecule has 3 rings (SSSR count). The van der Waals surface area contributed by atoms with E-state index in [-0.39, 0.29) is 24.1 Å². The molecule has 6 heteroatoms. The molecule has 1 saturated carbocycles. The molecule has 0 bridgehead atoms. The van der Waals surface area contributed by atoms with Crippen LogP contribution < -0.4 is 14.8 Å². The van der Waals surface area contributed by atoms with E-state index in [9.17, 15) is 15.3 Å². The normalized spacial score (nSPS) is 18.2. The zero-order valence-corrected chi connectivity index (χ0v) is 18.4. The average Bonchev–Trinajstić information content (AvgIpc) is 2.82. The van der Waals surface area contributed by atoms with Crippen LogP contribution in [-0.2, 0) is 11.4 Å². The summed E-state index contributed by atoms with van der Waals surface area (Å²) in [6.45, 7) is 2.36. The van der Waals surface area contributed by atoms with Gasteiger partial charge in [0, 0.05) is 11.6 Å². The Bertz CT molecular complexity index is 1080. The lowest BCUT2D eigenvalue weighted by Gasteiger charge is -2.29. The third kappa shape index (κ3) is 5.68. The van der Waals surface area contributed by atoms with Crippen molar-refractivity contribution < 1.29 is 14.3 Å². The van der Waals surface area contributed by atoms with Crippen LogP contribution in [0.4, 0.5) is 0 Å². The molecule has 32 heavy (non-hydrogen) atoms. The Balaban J connectivity index is 1.73. The molecule has 164 valence electrons. The van der Waals surface area contributed by atoms with Crippen molar-refractivity contribution in [3.8, 4) is 23.6 Å². The number of methoxy groups -OCH3 is 1. The molecular formula is C26H27N3O3. The number of nitriles is 2. The molecule has 0 spiro atoms. The van der Waals surface area contributed by atoms with E-state index in [1.165, 1.54) is 13.5 Å². The Hall–Kier alpha value is -3.77. The van der Waals surface area contributed by atoms with Crippen LogP contribution >= 0.6 is 0 Å². The largest absolute Gasteiger partial charge is 0.493 e. The van der Waals surface area contributed by atoms with Gasteiger partial charge in [-0.05, 0) is 48.6 Å². The third-order valence-corrected chi connectivity index (χ3v) is 5.81. The summed E-state index contributed by atoms with van der Waals surface area (Å²) < 4.78 is 11.3. The van der Waals surface area contributed by atoms with Gasteiger partial charge in [0.2, 0.25) is 0 Å². The summed E-state index contributed by atoms with van der Waals surface area (Å²) in [5, 5.41) is 21.8. The highest BCUT2D eigenvalue weighted by molar-refractivity contribution is 6.01. The quantitative estimate of drug-likeness (QED) is 0.506. The van der Waals surface area contributed by atoms with Gasteiger partial charge in [-0.25, -0.2) is 0 Å². The van der Waals surface area contributed by atoms with Crippen LogP contribution in [0.25, 0.3) is 6.08 Å². The van der Waals surface area contributed by atoms with Gasteiger partial charge in [0.25, 0.3) is 5.91 Å². The van der Waals surface area contributed by atoms with Gasteiger partial charge in [-0.3, -0.25) is 4.79 Å². The number of hydrogen-bond acceptors (Lipinski definition) is 5. The minimum absolute atomic E-state index is 0.0569. The Labute approximate surface area is 189 Å². The van der Waals surface area contributed by atoms with Gasteiger partial charge < -0.3 is 14.8 Å². The maximum atomic E-state index is 12.6. The van der Waals surface area contributed by atoms with Crippen molar-refractivity contribution in [2.24, 2.45) is 5.92 Å². The second-order valence-corrected chi connectivity index (χ2v) is 7.98. The first-order valence-electron chi connectivity index (χ1n) is 10.8. The number of nitrogens with zero attached hydrogens (tertiary/aromatic N) is 2. The van der Waals surface area contributed by atoms with Gasteiger partial charge in [-0.2, -0.15) is 10.5 Å². The molecule has 0 saturated heterocycles. The van der Waals surface area contributed by atoms with E-state index in [1.54, 1.807) is 30.3 Å². The molecule has 6 nitrogen and oxygen atoms in total. The van der Waals surface area contributed by atoms with Crippen molar-refractivity contribution in [1.29, 1.82) is 10.5 Å². The summed E-state index contributed by atoms with van der Waals surface area (Å²) in [4.78, 5) is 12.6. The smallest absolute Gasteiger partial charge is 0.262 e. The molecule has 0 heterocycles. The molecule has 1 amide bonds. The molecule has 1 aliphatic carbocycles. The molecule has 2 atom stereocenters. The number of amides is 1. The molecule has 1 fully saturated rings. The molecule has 2 aromatic rings. The second kappa shape index (κ2) is 11.0. The monoisotopic (exact) mass is 429 g/mol. The summed E-state index contributed by atoms with van der Waals surface area (Å²) in [5.41, 5.74) is 2.06. The number of nitrogens with one attached hydrogen (secondary N) is 1. The third-order valence-electron chi connectivity index (χ3n) is 5.81. The lowest BCUT2D eigenvalue weighted by atomic mass is 9.86. The number of rotatable bonds is 7. The van der Waals surface area contributed by atoms with E-state index in [0.717, 1.165) is 24.8 Å². The Morgan fingerprint density at radius 1 is 1.16 bits per heavy atom. The zero-order chi connectivity index (χ0) is 22.9. The first-order chi connectivity index (χ1) is 15.5. The van der Waals surface area contributed by atoms with Gasteiger partial charge >= 0.3 is 0 Å². The van der Waals surface area contributed by atoms with Crippen LogP contribution in [0.15, 0.2) is 48.0 Å². The van der Waals surface area contributed by atoms with E-state index in [2.05, 4.69) is 18.3 Å². The maximum Gasteiger partial charge on any atom is 0.262 e. The zero-order valence-electron chi connectivity index (χ0n) is 18.4. The lowest BCUT2D eigenvalue weighted by Crippen LogP contribution is -2.41. The van der Waals surface area contributed by atoms with Gasteiger partial charge in [0.15, 0.2) is 11.5 Å². The van der Waals surface area contributed by atoms with Crippen molar-refractivity contribution in [3.05, 3.63) is 64.7 Å². The van der Waals surface area contributed by atoms with Crippen molar-refractivity contribution in [3.63, 3.8) is 0 Å². The van der Waals surface area contributed by atoms with Crippen molar-refractivity contribution in [2.75, 3.05) is 7.11 Å². The van der Waals surface area contributed by atoms with Crippen LogP contribution in [0.3, 0.4) is 0 Å².